The van der Waals surface area contributed by atoms with Gasteiger partial charge >= 0.3 is 6.09 Å². The highest BCUT2D eigenvalue weighted by Crippen LogP contribution is 2.37. The normalized spacial score (nSPS) is 18.1. The van der Waals surface area contributed by atoms with Gasteiger partial charge in [-0.2, -0.15) is 0 Å². The predicted molar refractivity (Wildman–Crippen MR) is 115 cm³/mol. The number of hydrogen-bond acceptors (Lipinski definition) is 6. The van der Waals surface area contributed by atoms with Crippen LogP contribution in [0.4, 0.5) is 20.7 Å². The van der Waals surface area contributed by atoms with Crippen LogP contribution in [0.15, 0.2) is 12.1 Å². The van der Waals surface area contributed by atoms with Crippen molar-refractivity contribution in [3.05, 3.63) is 40.3 Å². The second kappa shape index (κ2) is 7.55. The number of aromatic nitrogens is 2. The molecule has 0 radical (unpaired) electrons. The molecule has 2 aromatic rings. The third-order valence-electron chi connectivity index (χ3n) is 5.69. The lowest BCUT2D eigenvalue weighted by Crippen LogP contribution is -2.40. The zero-order valence-electron chi connectivity index (χ0n) is 18.3. The van der Waals surface area contributed by atoms with Crippen molar-refractivity contribution in [2.75, 3.05) is 24.1 Å². The Morgan fingerprint density at radius 2 is 2.06 bits per heavy atom. The van der Waals surface area contributed by atoms with Crippen LogP contribution >= 0.6 is 0 Å². The summed E-state index contributed by atoms with van der Waals surface area (Å²) >= 11 is 0. The average molecular weight is 429 g/mol. The molecule has 4 rings (SSSR count). The van der Waals surface area contributed by atoms with Gasteiger partial charge in [0, 0.05) is 30.8 Å². The van der Waals surface area contributed by atoms with E-state index in [9.17, 15) is 14.0 Å². The number of anilines is 2. The van der Waals surface area contributed by atoms with Crippen LogP contribution in [0.1, 0.15) is 60.3 Å². The van der Waals surface area contributed by atoms with Gasteiger partial charge in [0.25, 0.3) is 5.91 Å². The van der Waals surface area contributed by atoms with Gasteiger partial charge in [0.2, 0.25) is 0 Å². The summed E-state index contributed by atoms with van der Waals surface area (Å²) in [5, 5.41) is 7.57. The van der Waals surface area contributed by atoms with E-state index in [0.29, 0.717) is 42.8 Å². The van der Waals surface area contributed by atoms with Gasteiger partial charge in [-0.05, 0) is 57.4 Å². The van der Waals surface area contributed by atoms with Crippen molar-refractivity contribution < 1.29 is 18.7 Å². The molecular formula is C22H28FN5O3. The summed E-state index contributed by atoms with van der Waals surface area (Å²) in [6.07, 6.45) is 0.549. The lowest BCUT2D eigenvalue weighted by molar-refractivity contribution is 0.0223. The molecule has 3 N–H and O–H groups in total. The number of nitrogen functional groups attached to an aromatic ring is 1. The van der Waals surface area contributed by atoms with Crippen LogP contribution in [-0.4, -0.2) is 45.4 Å². The fraction of sp³-hybridized carbons (Fsp3) is 0.500. The van der Waals surface area contributed by atoms with Gasteiger partial charge in [0.05, 0.1) is 18.2 Å². The number of halogens is 1. The monoisotopic (exact) mass is 429 g/mol. The SMILES string of the molecule is Cc1cc(F)cc2c1NCCC2C(=O)n1nc(N)c2c1CCN(C(=O)OC(C)(C)C)C2. The number of rotatable bonds is 1. The van der Waals surface area contributed by atoms with E-state index in [2.05, 4.69) is 10.4 Å². The number of fused-ring (bicyclic) bond motifs is 2. The summed E-state index contributed by atoms with van der Waals surface area (Å²) in [5.41, 5.74) is 9.10. The van der Waals surface area contributed by atoms with Gasteiger partial charge in [-0.25, -0.2) is 13.9 Å². The Labute approximate surface area is 180 Å². The first-order chi connectivity index (χ1) is 14.5. The summed E-state index contributed by atoms with van der Waals surface area (Å²) in [6, 6.07) is 2.87. The van der Waals surface area contributed by atoms with E-state index in [1.54, 1.807) is 4.90 Å². The van der Waals surface area contributed by atoms with Gasteiger partial charge < -0.3 is 20.7 Å². The molecule has 1 aromatic carbocycles. The van der Waals surface area contributed by atoms with Crippen molar-refractivity contribution >= 4 is 23.5 Å². The number of hydrogen-bond donors (Lipinski definition) is 2. The van der Waals surface area contributed by atoms with E-state index in [4.69, 9.17) is 10.5 Å². The fourth-order valence-electron chi connectivity index (χ4n) is 4.30. The first-order valence-electron chi connectivity index (χ1n) is 10.5. The summed E-state index contributed by atoms with van der Waals surface area (Å²) in [7, 11) is 0. The van der Waals surface area contributed by atoms with Gasteiger partial charge in [-0.1, -0.05) is 0 Å². The Kier molecular flexibility index (Phi) is 5.15. The maximum Gasteiger partial charge on any atom is 0.410 e. The Hall–Kier alpha value is -3.10. The van der Waals surface area contributed by atoms with Gasteiger partial charge in [0.1, 0.15) is 11.4 Å². The maximum atomic E-state index is 14.1. The average Bonchev–Trinajstić information content (AvgIpc) is 3.02. The number of nitrogens with zero attached hydrogens (tertiary/aromatic N) is 3. The second-order valence-corrected chi connectivity index (χ2v) is 9.17. The number of nitrogens with one attached hydrogen (secondary N) is 1. The summed E-state index contributed by atoms with van der Waals surface area (Å²) < 4.78 is 20.9. The maximum absolute atomic E-state index is 14.1. The molecule has 0 aliphatic carbocycles. The molecule has 1 aromatic heterocycles. The second-order valence-electron chi connectivity index (χ2n) is 9.17. The number of carbonyl (C=O) groups is 2. The van der Waals surface area contributed by atoms with Gasteiger partial charge in [0.15, 0.2) is 5.82 Å². The Morgan fingerprint density at radius 3 is 2.77 bits per heavy atom. The molecule has 2 aliphatic heterocycles. The summed E-state index contributed by atoms with van der Waals surface area (Å²) in [4.78, 5) is 27.5. The highest BCUT2D eigenvalue weighted by molar-refractivity contribution is 5.89. The Morgan fingerprint density at radius 1 is 1.32 bits per heavy atom. The number of amides is 1. The first-order valence-corrected chi connectivity index (χ1v) is 10.5. The van der Waals surface area contributed by atoms with Crippen molar-refractivity contribution in [2.24, 2.45) is 0 Å². The highest BCUT2D eigenvalue weighted by Gasteiger charge is 2.35. The fourth-order valence-corrected chi connectivity index (χ4v) is 4.30. The number of ether oxygens (including phenoxy) is 1. The topological polar surface area (TPSA) is 102 Å². The van der Waals surface area contributed by atoms with E-state index < -0.39 is 17.6 Å². The molecule has 3 heterocycles. The molecule has 1 amide bonds. The standard InChI is InChI=1S/C22H28FN5O3/c1-12-9-13(23)10-15-14(5-7-25-18(12)15)20(29)28-17-6-8-27(11-16(17)19(24)26-28)21(30)31-22(2,3)4/h9-10,14,25H,5-8,11H2,1-4H3,(H2,24,26). The van der Waals surface area contributed by atoms with Gasteiger partial charge in [-0.3, -0.25) is 4.79 Å². The minimum absolute atomic E-state index is 0.223. The van der Waals surface area contributed by atoms with E-state index in [1.807, 2.05) is 27.7 Å². The number of benzene rings is 1. The van der Waals surface area contributed by atoms with Crippen LogP contribution in [0.5, 0.6) is 0 Å². The molecule has 0 fully saturated rings. The molecule has 2 aliphatic rings. The molecule has 8 nitrogen and oxygen atoms in total. The summed E-state index contributed by atoms with van der Waals surface area (Å²) in [5.74, 6) is -0.890. The van der Waals surface area contributed by atoms with Crippen molar-refractivity contribution in [1.29, 1.82) is 0 Å². The Balaban J connectivity index is 1.62. The zero-order valence-corrected chi connectivity index (χ0v) is 18.3. The van der Waals surface area contributed by atoms with E-state index in [0.717, 1.165) is 11.3 Å². The Bertz CT molecular complexity index is 1060. The zero-order chi connectivity index (χ0) is 22.5. The van der Waals surface area contributed by atoms with Crippen LogP contribution in [0.3, 0.4) is 0 Å². The lowest BCUT2D eigenvalue weighted by Gasteiger charge is -2.31. The highest BCUT2D eigenvalue weighted by atomic mass is 19.1. The van der Waals surface area contributed by atoms with E-state index in [1.165, 1.54) is 16.8 Å². The van der Waals surface area contributed by atoms with Crippen LogP contribution in [0.25, 0.3) is 0 Å². The minimum atomic E-state index is -0.598. The van der Waals surface area contributed by atoms with Crippen LogP contribution in [-0.2, 0) is 17.7 Å². The van der Waals surface area contributed by atoms with Crippen LogP contribution in [0, 0.1) is 12.7 Å². The molecule has 1 unspecified atom stereocenters. The number of aryl methyl sites for hydroxylation is 1. The minimum Gasteiger partial charge on any atom is -0.444 e. The molecule has 1 atom stereocenters. The van der Waals surface area contributed by atoms with E-state index >= 15 is 0 Å². The summed E-state index contributed by atoms with van der Waals surface area (Å²) in [6.45, 7) is 8.51. The van der Waals surface area contributed by atoms with Crippen molar-refractivity contribution in [3.8, 4) is 0 Å². The third kappa shape index (κ3) is 3.96. The molecule has 166 valence electrons. The number of carbonyl (C=O) groups excluding carboxylic acids is 2. The largest absolute Gasteiger partial charge is 0.444 e. The third-order valence-corrected chi connectivity index (χ3v) is 5.69. The lowest BCUT2D eigenvalue weighted by atomic mass is 9.88. The molecule has 31 heavy (non-hydrogen) atoms. The molecule has 0 spiro atoms. The molecule has 0 saturated carbocycles. The molecular weight excluding hydrogens is 401 g/mol. The van der Waals surface area contributed by atoms with Crippen molar-refractivity contribution in [2.45, 2.75) is 58.6 Å². The quantitative estimate of drug-likeness (QED) is 0.720. The molecule has 0 saturated heterocycles. The smallest absolute Gasteiger partial charge is 0.410 e. The van der Waals surface area contributed by atoms with E-state index in [-0.39, 0.29) is 24.1 Å². The predicted octanol–water partition coefficient (Wildman–Crippen LogP) is 3.45. The van der Waals surface area contributed by atoms with Crippen LogP contribution < -0.4 is 11.1 Å². The number of nitrogens with two attached hydrogens (primary N) is 1. The molecule has 9 heteroatoms. The van der Waals surface area contributed by atoms with Crippen molar-refractivity contribution in [3.63, 3.8) is 0 Å². The van der Waals surface area contributed by atoms with Crippen molar-refractivity contribution in [1.82, 2.24) is 14.7 Å². The first kappa shape index (κ1) is 21.1. The van der Waals surface area contributed by atoms with Gasteiger partial charge in [-0.15, -0.1) is 5.10 Å². The molecule has 0 bridgehead atoms. The van der Waals surface area contributed by atoms with Crippen LogP contribution in [0.2, 0.25) is 0 Å².